The maximum Gasteiger partial charge on any atom is 0.226 e. The van der Waals surface area contributed by atoms with Gasteiger partial charge in [0.15, 0.2) is 0 Å². The van der Waals surface area contributed by atoms with Crippen LogP contribution in [0.3, 0.4) is 0 Å². The number of hydrogen-bond acceptors (Lipinski definition) is 2. The van der Waals surface area contributed by atoms with E-state index in [4.69, 9.17) is 4.74 Å². The van der Waals surface area contributed by atoms with Crippen LogP contribution in [0.5, 0.6) is 5.75 Å². The quantitative estimate of drug-likeness (QED) is 0.780. The van der Waals surface area contributed by atoms with Crippen molar-refractivity contribution in [1.29, 1.82) is 0 Å². The first-order chi connectivity index (χ1) is 8.20. The lowest BCUT2D eigenvalue weighted by molar-refractivity contribution is -0.129. The van der Waals surface area contributed by atoms with Gasteiger partial charge in [0.25, 0.3) is 0 Å². The van der Waals surface area contributed by atoms with E-state index in [2.05, 4.69) is 0 Å². The summed E-state index contributed by atoms with van der Waals surface area (Å²) in [5, 5.41) is 0. The third-order valence-corrected chi connectivity index (χ3v) is 3.08. The van der Waals surface area contributed by atoms with Crippen molar-refractivity contribution in [3.05, 3.63) is 29.8 Å². The standard InChI is InChI=1S/C14H19NO2/c1-3-17-13-8-4-11(5-9-13)10-14(16)15(2)12-6-7-12/h4-5,8-9,12H,3,6-7,10H2,1-2H3. The highest BCUT2D eigenvalue weighted by Crippen LogP contribution is 2.26. The summed E-state index contributed by atoms with van der Waals surface area (Å²) >= 11 is 0. The van der Waals surface area contributed by atoms with Gasteiger partial charge in [-0.15, -0.1) is 0 Å². The summed E-state index contributed by atoms with van der Waals surface area (Å²) in [4.78, 5) is 13.8. The summed E-state index contributed by atoms with van der Waals surface area (Å²) in [5.74, 6) is 1.07. The molecular formula is C14H19NO2. The average Bonchev–Trinajstić information content (AvgIpc) is 3.15. The second-order valence-corrected chi connectivity index (χ2v) is 4.49. The first kappa shape index (κ1) is 12.0. The molecule has 0 unspecified atom stereocenters. The number of carbonyl (C=O) groups is 1. The van der Waals surface area contributed by atoms with Gasteiger partial charge in [-0.3, -0.25) is 4.79 Å². The fourth-order valence-corrected chi connectivity index (χ4v) is 1.83. The van der Waals surface area contributed by atoms with Gasteiger partial charge in [0.2, 0.25) is 5.91 Å². The highest BCUT2D eigenvalue weighted by molar-refractivity contribution is 5.79. The fourth-order valence-electron chi connectivity index (χ4n) is 1.83. The van der Waals surface area contributed by atoms with Gasteiger partial charge in [-0.25, -0.2) is 0 Å². The number of amides is 1. The van der Waals surface area contributed by atoms with E-state index in [9.17, 15) is 4.79 Å². The number of ether oxygens (including phenoxy) is 1. The summed E-state index contributed by atoms with van der Waals surface area (Å²) < 4.78 is 5.37. The van der Waals surface area contributed by atoms with Crippen molar-refractivity contribution in [3.63, 3.8) is 0 Å². The van der Waals surface area contributed by atoms with E-state index in [1.807, 2.05) is 43.1 Å². The van der Waals surface area contributed by atoms with E-state index in [0.29, 0.717) is 19.1 Å². The van der Waals surface area contributed by atoms with Crippen molar-refractivity contribution < 1.29 is 9.53 Å². The van der Waals surface area contributed by atoms with E-state index in [1.54, 1.807) is 0 Å². The van der Waals surface area contributed by atoms with E-state index < -0.39 is 0 Å². The topological polar surface area (TPSA) is 29.5 Å². The maximum absolute atomic E-state index is 11.9. The van der Waals surface area contributed by atoms with Crippen LogP contribution in [0.1, 0.15) is 25.3 Å². The normalized spacial score (nSPS) is 14.5. The zero-order chi connectivity index (χ0) is 12.3. The molecule has 1 saturated carbocycles. The third kappa shape index (κ3) is 3.22. The van der Waals surface area contributed by atoms with Gasteiger partial charge < -0.3 is 9.64 Å². The Kier molecular flexibility index (Phi) is 3.67. The molecule has 3 nitrogen and oxygen atoms in total. The van der Waals surface area contributed by atoms with Crippen molar-refractivity contribution in [2.45, 2.75) is 32.2 Å². The number of nitrogens with zero attached hydrogens (tertiary/aromatic N) is 1. The van der Waals surface area contributed by atoms with Crippen LogP contribution in [0.2, 0.25) is 0 Å². The summed E-state index contributed by atoms with van der Waals surface area (Å²) in [5.41, 5.74) is 1.05. The molecule has 0 atom stereocenters. The lowest BCUT2D eigenvalue weighted by Gasteiger charge is -2.16. The molecule has 0 aliphatic heterocycles. The average molecular weight is 233 g/mol. The Bertz CT molecular complexity index is 382. The monoisotopic (exact) mass is 233 g/mol. The molecule has 1 fully saturated rings. The Morgan fingerprint density at radius 3 is 2.53 bits per heavy atom. The van der Waals surface area contributed by atoms with Crippen molar-refractivity contribution >= 4 is 5.91 Å². The van der Waals surface area contributed by atoms with E-state index >= 15 is 0 Å². The van der Waals surface area contributed by atoms with Crippen LogP contribution in [-0.2, 0) is 11.2 Å². The van der Waals surface area contributed by atoms with Crippen LogP contribution in [0.25, 0.3) is 0 Å². The SMILES string of the molecule is CCOc1ccc(CC(=O)N(C)C2CC2)cc1. The van der Waals surface area contributed by atoms with E-state index in [0.717, 1.165) is 24.2 Å². The molecule has 0 N–H and O–H groups in total. The van der Waals surface area contributed by atoms with Gasteiger partial charge in [-0.2, -0.15) is 0 Å². The van der Waals surface area contributed by atoms with Gasteiger partial charge in [0.05, 0.1) is 13.0 Å². The number of rotatable bonds is 5. The van der Waals surface area contributed by atoms with Gasteiger partial charge in [0, 0.05) is 13.1 Å². The lowest BCUT2D eigenvalue weighted by atomic mass is 10.1. The second kappa shape index (κ2) is 5.21. The molecule has 0 heterocycles. The summed E-state index contributed by atoms with van der Waals surface area (Å²) in [6, 6.07) is 8.25. The van der Waals surface area contributed by atoms with Crippen LogP contribution >= 0.6 is 0 Å². The molecule has 1 aromatic carbocycles. The molecule has 0 aromatic heterocycles. The molecule has 1 aromatic rings. The minimum atomic E-state index is 0.205. The number of carbonyl (C=O) groups excluding carboxylic acids is 1. The van der Waals surface area contributed by atoms with Crippen molar-refractivity contribution in [3.8, 4) is 5.75 Å². The Morgan fingerprint density at radius 2 is 2.00 bits per heavy atom. The maximum atomic E-state index is 11.9. The Labute approximate surface area is 102 Å². The third-order valence-electron chi connectivity index (χ3n) is 3.08. The molecule has 0 saturated heterocycles. The molecule has 0 radical (unpaired) electrons. The summed E-state index contributed by atoms with van der Waals surface area (Å²) in [6.45, 7) is 2.63. The van der Waals surface area contributed by atoms with Crippen LogP contribution < -0.4 is 4.74 Å². The van der Waals surface area contributed by atoms with E-state index in [-0.39, 0.29) is 5.91 Å². The lowest BCUT2D eigenvalue weighted by Crippen LogP contribution is -2.30. The predicted molar refractivity (Wildman–Crippen MR) is 67.1 cm³/mol. The zero-order valence-electron chi connectivity index (χ0n) is 10.5. The van der Waals surface area contributed by atoms with Gasteiger partial charge >= 0.3 is 0 Å². The van der Waals surface area contributed by atoms with Crippen molar-refractivity contribution in [2.24, 2.45) is 0 Å². The molecule has 1 amide bonds. The molecule has 0 spiro atoms. The first-order valence-corrected chi connectivity index (χ1v) is 6.18. The number of hydrogen-bond donors (Lipinski definition) is 0. The van der Waals surface area contributed by atoms with Gasteiger partial charge in [-0.05, 0) is 37.5 Å². The highest BCUT2D eigenvalue weighted by atomic mass is 16.5. The van der Waals surface area contributed by atoms with Crippen LogP contribution in [0, 0.1) is 0 Å². The van der Waals surface area contributed by atoms with Crippen LogP contribution in [-0.4, -0.2) is 30.5 Å². The van der Waals surface area contributed by atoms with E-state index in [1.165, 1.54) is 0 Å². The van der Waals surface area contributed by atoms with Crippen molar-refractivity contribution in [1.82, 2.24) is 4.90 Å². The zero-order valence-corrected chi connectivity index (χ0v) is 10.5. The Balaban J connectivity index is 1.91. The fraction of sp³-hybridized carbons (Fsp3) is 0.500. The molecule has 3 heteroatoms. The Morgan fingerprint density at radius 1 is 1.35 bits per heavy atom. The summed E-state index contributed by atoms with van der Waals surface area (Å²) in [6.07, 6.45) is 2.80. The molecule has 92 valence electrons. The highest BCUT2D eigenvalue weighted by Gasteiger charge is 2.29. The molecule has 17 heavy (non-hydrogen) atoms. The smallest absolute Gasteiger partial charge is 0.226 e. The number of benzene rings is 1. The van der Waals surface area contributed by atoms with Gasteiger partial charge in [-0.1, -0.05) is 12.1 Å². The second-order valence-electron chi connectivity index (χ2n) is 4.49. The molecule has 1 aliphatic carbocycles. The molecule has 2 rings (SSSR count). The first-order valence-electron chi connectivity index (χ1n) is 6.18. The largest absolute Gasteiger partial charge is 0.494 e. The number of likely N-dealkylation sites (N-methyl/N-ethyl adjacent to an activating group) is 1. The van der Waals surface area contributed by atoms with Crippen molar-refractivity contribution in [2.75, 3.05) is 13.7 Å². The summed E-state index contributed by atoms with van der Waals surface area (Å²) in [7, 11) is 1.90. The van der Waals surface area contributed by atoms with Crippen LogP contribution in [0.4, 0.5) is 0 Å². The molecule has 0 bridgehead atoms. The minimum absolute atomic E-state index is 0.205. The van der Waals surface area contributed by atoms with Crippen LogP contribution in [0.15, 0.2) is 24.3 Å². The van der Waals surface area contributed by atoms with Gasteiger partial charge in [0.1, 0.15) is 5.75 Å². The Hall–Kier alpha value is -1.51. The molecular weight excluding hydrogens is 214 g/mol. The minimum Gasteiger partial charge on any atom is -0.494 e. The molecule has 1 aliphatic rings. The predicted octanol–water partition coefficient (Wildman–Crippen LogP) is 2.25.